The second-order valence-corrected chi connectivity index (χ2v) is 6.95. The summed E-state index contributed by atoms with van der Waals surface area (Å²) >= 11 is 1.30. The monoisotopic (exact) mass is 384 g/mol. The molecule has 2 N–H and O–H groups in total. The molecular weight excluding hydrogens is 364 g/mol. The van der Waals surface area contributed by atoms with Gasteiger partial charge in [-0.1, -0.05) is 6.92 Å². The number of amides is 2. The third-order valence-electron chi connectivity index (χ3n) is 4.18. The Labute approximate surface area is 160 Å². The molecule has 0 saturated heterocycles. The molecule has 2 amide bonds. The lowest BCUT2D eigenvalue weighted by molar-refractivity contribution is 0.0848. The Balaban J connectivity index is 1.76. The van der Waals surface area contributed by atoms with Gasteiger partial charge >= 0.3 is 0 Å². The van der Waals surface area contributed by atoms with Crippen molar-refractivity contribution in [1.82, 2.24) is 20.8 Å². The lowest BCUT2D eigenvalue weighted by atomic mass is 10.1. The zero-order valence-electron chi connectivity index (χ0n) is 15.5. The van der Waals surface area contributed by atoms with Crippen LogP contribution in [0.15, 0.2) is 24.3 Å². The van der Waals surface area contributed by atoms with Gasteiger partial charge in [0.1, 0.15) is 16.4 Å². The van der Waals surface area contributed by atoms with Crippen molar-refractivity contribution in [2.24, 2.45) is 0 Å². The number of carbonyl (C=O) groups excluding carboxylic acids is 2. The van der Waals surface area contributed by atoms with Crippen molar-refractivity contribution in [2.75, 3.05) is 7.11 Å². The van der Waals surface area contributed by atoms with Gasteiger partial charge in [0.05, 0.1) is 12.0 Å². The molecule has 0 atom stereocenters. The van der Waals surface area contributed by atoms with Crippen molar-refractivity contribution < 1.29 is 14.3 Å². The number of hydrogen-bond donors (Lipinski definition) is 2. The van der Waals surface area contributed by atoms with Crippen LogP contribution in [0.2, 0.25) is 0 Å². The molecule has 0 unspecified atom stereocenters. The molecule has 0 saturated carbocycles. The van der Waals surface area contributed by atoms with Crippen molar-refractivity contribution >= 4 is 33.4 Å². The van der Waals surface area contributed by atoms with Gasteiger partial charge in [-0.05, 0) is 43.7 Å². The van der Waals surface area contributed by atoms with Crippen LogP contribution >= 0.6 is 11.3 Å². The molecule has 140 valence electrons. The number of nitrogens with one attached hydrogen (secondary N) is 2. The maximum atomic E-state index is 12.6. The molecule has 0 aliphatic rings. The molecule has 3 aromatic rings. The minimum atomic E-state index is -0.408. The van der Waals surface area contributed by atoms with Gasteiger partial charge in [-0.2, -0.15) is 0 Å². The quantitative estimate of drug-likeness (QED) is 0.675. The fraction of sp³-hybridized carbons (Fsp3) is 0.263. The maximum absolute atomic E-state index is 12.6. The molecule has 0 aliphatic heterocycles. The van der Waals surface area contributed by atoms with Crippen LogP contribution in [0.5, 0.6) is 5.75 Å². The summed E-state index contributed by atoms with van der Waals surface area (Å²) in [5, 5.41) is 0.892. The Morgan fingerprint density at radius 3 is 2.37 bits per heavy atom. The summed E-state index contributed by atoms with van der Waals surface area (Å²) in [6.07, 6.45) is 0.729. The van der Waals surface area contributed by atoms with Crippen LogP contribution in [0.25, 0.3) is 10.2 Å². The number of hydrogen-bond acceptors (Lipinski definition) is 6. The fourth-order valence-electron chi connectivity index (χ4n) is 2.75. The van der Waals surface area contributed by atoms with E-state index in [1.165, 1.54) is 11.3 Å². The summed E-state index contributed by atoms with van der Waals surface area (Å²) in [7, 11) is 1.55. The Bertz CT molecular complexity index is 1010. The van der Waals surface area contributed by atoms with Gasteiger partial charge in [-0.3, -0.25) is 20.4 Å². The van der Waals surface area contributed by atoms with Crippen LogP contribution in [0, 0.1) is 13.8 Å². The van der Waals surface area contributed by atoms with Gasteiger partial charge in [0.15, 0.2) is 0 Å². The third kappa shape index (κ3) is 3.75. The molecule has 0 fully saturated rings. The fourth-order valence-corrected chi connectivity index (χ4v) is 3.90. The molecular formula is C19H20N4O3S. The van der Waals surface area contributed by atoms with Gasteiger partial charge in [0.25, 0.3) is 11.8 Å². The number of benzene rings is 1. The van der Waals surface area contributed by atoms with Crippen molar-refractivity contribution in [3.05, 3.63) is 51.8 Å². The number of ether oxygens (including phenoxy) is 1. The van der Waals surface area contributed by atoms with Crippen molar-refractivity contribution in [1.29, 1.82) is 0 Å². The van der Waals surface area contributed by atoms with E-state index in [1.54, 1.807) is 31.4 Å². The van der Waals surface area contributed by atoms with E-state index in [0.717, 1.165) is 33.7 Å². The molecule has 3 rings (SSSR count). The predicted molar refractivity (Wildman–Crippen MR) is 104 cm³/mol. The molecule has 27 heavy (non-hydrogen) atoms. The first kappa shape index (κ1) is 18.8. The molecule has 8 heteroatoms. The summed E-state index contributed by atoms with van der Waals surface area (Å²) < 4.78 is 5.06. The van der Waals surface area contributed by atoms with Gasteiger partial charge in [-0.25, -0.2) is 9.97 Å². The summed E-state index contributed by atoms with van der Waals surface area (Å²) in [4.78, 5) is 35.0. The van der Waals surface area contributed by atoms with E-state index in [-0.39, 0.29) is 5.91 Å². The number of rotatable bonds is 4. The van der Waals surface area contributed by atoms with Crippen LogP contribution in [0.1, 0.15) is 44.0 Å². The van der Waals surface area contributed by atoms with E-state index < -0.39 is 5.91 Å². The number of fused-ring (bicyclic) bond motifs is 1. The third-order valence-corrected chi connectivity index (χ3v) is 5.37. The Kier molecular flexibility index (Phi) is 5.36. The molecule has 7 nitrogen and oxygen atoms in total. The molecule has 2 aromatic heterocycles. The van der Waals surface area contributed by atoms with Crippen LogP contribution in [0.3, 0.4) is 0 Å². The number of aryl methyl sites for hydroxylation is 3. The lowest BCUT2D eigenvalue weighted by Gasteiger charge is -2.07. The Morgan fingerprint density at radius 1 is 1.07 bits per heavy atom. The predicted octanol–water partition coefficient (Wildman–Crippen LogP) is 2.95. The SMILES string of the molecule is CCc1nc(C)c2c(C)c(C(=O)NNC(=O)c3ccc(OC)cc3)sc2n1. The zero-order chi connectivity index (χ0) is 19.6. The molecule has 1 aromatic carbocycles. The van der Waals surface area contributed by atoms with Gasteiger partial charge in [0.2, 0.25) is 0 Å². The summed E-state index contributed by atoms with van der Waals surface area (Å²) in [5.41, 5.74) is 6.98. The standard InChI is InChI=1S/C19H20N4O3S/c1-5-14-20-11(3)15-10(2)16(27-19(15)21-14)18(25)23-22-17(24)12-6-8-13(26-4)9-7-12/h6-9H,5H2,1-4H3,(H,22,24)(H,23,25). The Hall–Kier alpha value is -3.00. The normalized spacial score (nSPS) is 10.7. The summed E-state index contributed by atoms with van der Waals surface area (Å²) in [6, 6.07) is 6.60. The highest BCUT2D eigenvalue weighted by atomic mass is 32.1. The largest absolute Gasteiger partial charge is 0.497 e. The Morgan fingerprint density at radius 2 is 1.74 bits per heavy atom. The van der Waals surface area contributed by atoms with Crippen LogP contribution in [-0.2, 0) is 6.42 Å². The molecule has 2 heterocycles. The lowest BCUT2D eigenvalue weighted by Crippen LogP contribution is -2.41. The van der Waals surface area contributed by atoms with Gasteiger partial charge < -0.3 is 4.74 Å². The number of carbonyl (C=O) groups is 2. The number of thiophene rings is 1. The number of aromatic nitrogens is 2. The first-order valence-corrected chi connectivity index (χ1v) is 9.27. The van der Waals surface area contributed by atoms with Crippen molar-refractivity contribution in [3.63, 3.8) is 0 Å². The second kappa shape index (κ2) is 7.71. The molecule has 0 spiro atoms. The first-order chi connectivity index (χ1) is 12.9. The average molecular weight is 384 g/mol. The summed E-state index contributed by atoms with van der Waals surface area (Å²) in [5.74, 6) is 0.615. The minimum absolute atomic E-state index is 0.380. The van der Waals surface area contributed by atoms with Crippen LogP contribution in [0.4, 0.5) is 0 Å². The second-order valence-electron chi connectivity index (χ2n) is 5.95. The molecule has 0 aliphatic carbocycles. The maximum Gasteiger partial charge on any atom is 0.280 e. The van der Waals surface area contributed by atoms with E-state index in [1.807, 2.05) is 20.8 Å². The highest BCUT2D eigenvalue weighted by Gasteiger charge is 2.19. The zero-order valence-corrected chi connectivity index (χ0v) is 16.4. The van der Waals surface area contributed by atoms with Crippen molar-refractivity contribution in [3.8, 4) is 5.75 Å². The highest BCUT2D eigenvalue weighted by Crippen LogP contribution is 2.31. The van der Waals surface area contributed by atoms with E-state index in [4.69, 9.17) is 4.74 Å². The number of hydrazine groups is 1. The van der Waals surface area contributed by atoms with Crippen LogP contribution < -0.4 is 15.6 Å². The minimum Gasteiger partial charge on any atom is -0.497 e. The molecule has 0 bridgehead atoms. The van der Waals surface area contributed by atoms with Crippen molar-refractivity contribution in [2.45, 2.75) is 27.2 Å². The smallest absolute Gasteiger partial charge is 0.280 e. The number of methoxy groups -OCH3 is 1. The topological polar surface area (TPSA) is 93.2 Å². The van der Waals surface area contributed by atoms with E-state index in [9.17, 15) is 9.59 Å². The van der Waals surface area contributed by atoms with E-state index >= 15 is 0 Å². The average Bonchev–Trinajstić information content (AvgIpc) is 3.02. The molecule has 0 radical (unpaired) electrons. The summed E-state index contributed by atoms with van der Waals surface area (Å²) in [6.45, 7) is 5.76. The van der Waals surface area contributed by atoms with Crippen LogP contribution in [-0.4, -0.2) is 28.9 Å². The van der Waals surface area contributed by atoms with Gasteiger partial charge in [0, 0.05) is 23.1 Å². The van der Waals surface area contributed by atoms with E-state index in [2.05, 4.69) is 20.8 Å². The highest BCUT2D eigenvalue weighted by molar-refractivity contribution is 7.20. The number of nitrogens with zero attached hydrogens (tertiary/aromatic N) is 2. The van der Waals surface area contributed by atoms with E-state index in [0.29, 0.717) is 16.2 Å². The first-order valence-electron chi connectivity index (χ1n) is 8.46. The van der Waals surface area contributed by atoms with Gasteiger partial charge in [-0.15, -0.1) is 11.3 Å².